The Labute approximate surface area is 118 Å². The van der Waals surface area contributed by atoms with Crippen molar-refractivity contribution in [3.63, 3.8) is 0 Å². The molecule has 1 N–H and O–H groups in total. The van der Waals surface area contributed by atoms with Crippen molar-refractivity contribution in [2.24, 2.45) is 0 Å². The Kier molecular flexibility index (Phi) is 4.65. The second-order valence-electron chi connectivity index (χ2n) is 4.68. The fraction of sp³-hybridized carbons (Fsp3) is 0.267. The van der Waals surface area contributed by atoms with Gasteiger partial charge in [0.25, 0.3) is 0 Å². The number of nitrogens with one attached hydrogen (secondary N) is 1. The molecule has 104 valence electrons. The standard InChI is InChI=1S/C15H18N4O/c1-19(2)13-7-4-12(5-8-13)6-9-14(20)18-15-16-10-3-11-17-15/h3-5,7-8,10-11H,6,9H2,1-2H3,(H,16,17,18,20). The maximum Gasteiger partial charge on any atom is 0.229 e. The van der Waals surface area contributed by atoms with E-state index in [4.69, 9.17) is 0 Å². The van der Waals surface area contributed by atoms with Crippen molar-refractivity contribution in [1.82, 2.24) is 9.97 Å². The Hall–Kier alpha value is -2.43. The van der Waals surface area contributed by atoms with E-state index in [0.29, 0.717) is 18.8 Å². The SMILES string of the molecule is CN(C)c1ccc(CCC(=O)Nc2ncccn2)cc1. The van der Waals surface area contributed by atoms with Crippen LogP contribution in [0, 0.1) is 0 Å². The lowest BCUT2D eigenvalue weighted by molar-refractivity contribution is -0.116. The number of hydrogen-bond acceptors (Lipinski definition) is 4. The van der Waals surface area contributed by atoms with Crippen molar-refractivity contribution in [3.05, 3.63) is 48.3 Å². The molecule has 0 aliphatic carbocycles. The molecule has 2 aromatic rings. The lowest BCUT2D eigenvalue weighted by atomic mass is 10.1. The van der Waals surface area contributed by atoms with Gasteiger partial charge < -0.3 is 4.90 Å². The number of benzene rings is 1. The largest absolute Gasteiger partial charge is 0.378 e. The van der Waals surface area contributed by atoms with Crippen LogP contribution in [0.2, 0.25) is 0 Å². The van der Waals surface area contributed by atoms with Gasteiger partial charge in [0.05, 0.1) is 0 Å². The molecule has 0 spiro atoms. The van der Waals surface area contributed by atoms with Crippen LogP contribution in [0.15, 0.2) is 42.7 Å². The third-order valence-corrected chi connectivity index (χ3v) is 2.91. The zero-order valence-electron chi connectivity index (χ0n) is 11.7. The first kappa shape index (κ1) is 14.0. The van der Waals surface area contributed by atoms with Gasteiger partial charge in [0.1, 0.15) is 0 Å². The van der Waals surface area contributed by atoms with Gasteiger partial charge in [-0.05, 0) is 30.2 Å². The first-order valence-corrected chi connectivity index (χ1v) is 6.48. The maximum absolute atomic E-state index is 11.8. The van der Waals surface area contributed by atoms with E-state index in [2.05, 4.69) is 15.3 Å². The van der Waals surface area contributed by atoms with Gasteiger partial charge in [0, 0.05) is 38.6 Å². The first-order chi connectivity index (χ1) is 9.65. The highest BCUT2D eigenvalue weighted by molar-refractivity contribution is 5.88. The molecule has 1 aromatic carbocycles. The molecule has 2 rings (SSSR count). The van der Waals surface area contributed by atoms with Crippen molar-refractivity contribution in [2.45, 2.75) is 12.8 Å². The predicted molar refractivity (Wildman–Crippen MR) is 79.8 cm³/mol. The van der Waals surface area contributed by atoms with E-state index < -0.39 is 0 Å². The number of amides is 1. The molecule has 0 atom stereocenters. The van der Waals surface area contributed by atoms with Crippen LogP contribution in [0.3, 0.4) is 0 Å². The number of nitrogens with zero attached hydrogens (tertiary/aromatic N) is 3. The molecule has 5 heteroatoms. The van der Waals surface area contributed by atoms with Gasteiger partial charge in [-0.2, -0.15) is 0 Å². The third-order valence-electron chi connectivity index (χ3n) is 2.91. The van der Waals surface area contributed by atoms with Gasteiger partial charge in [-0.15, -0.1) is 0 Å². The monoisotopic (exact) mass is 270 g/mol. The lowest BCUT2D eigenvalue weighted by Gasteiger charge is -2.12. The Morgan fingerprint density at radius 2 is 1.80 bits per heavy atom. The molecular weight excluding hydrogens is 252 g/mol. The van der Waals surface area contributed by atoms with E-state index in [1.165, 1.54) is 0 Å². The summed E-state index contributed by atoms with van der Waals surface area (Å²) in [5, 5.41) is 2.67. The Morgan fingerprint density at radius 1 is 1.15 bits per heavy atom. The molecular formula is C15H18N4O. The molecule has 0 radical (unpaired) electrons. The first-order valence-electron chi connectivity index (χ1n) is 6.48. The average Bonchev–Trinajstić information content (AvgIpc) is 2.46. The normalized spacial score (nSPS) is 10.1. The van der Waals surface area contributed by atoms with E-state index in [9.17, 15) is 4.79 Å². The van der Waals surface area contributed by atoms with Crippen molar-refractivity contribution in [3.8, 4) is 0 Å². The molecule has 20 heavy (non-hydrogen) atoms. The smallest absolute Gasteiger partial charge is 0.229 e. The van der Waals surface area contributed by atoms with E-state index in [1.807, 2.05) is 43.3 Å². The van der Waals surface area contributed by atoms with Crippen LogP contribution in [-0.4, -0.2) is 30.0 Å². The molecule has 5 nitrogen and oxygen atoms in total. The minimum atomic E-state index is -0.0760. The van der Waals surface area contributed by atoms with Crippen LogP contribution in [0.1, 0.15) is 12.0 Å². The summed E-state index contributed by atoms with van der Waals surface area (Å²) < 4.78 is 0. The maximum atomic E-state index is 11.8. The summed E-state index contributed by atoms with van der Waals surface area (Å²) in [5.74, 6) is 0.272. The third kappa shape index (κ3) is 4.05. The molecule has 0 saturated heterocycles. The van der Waals surface area contributed by atoms with Crippen LogP contribution in [-0.2, 0) is 11.2 Å². The zero-order valence-corrected chi connectivity index (χ0v) is 11.7. The summed E-state index contributed by atoms with van der Waals surface area (Å²) >= 11 is 0. The molecule has 0 aliphatic rings. The average molecular weight is 270 g/mol. The molecule has 0 aliphatic heterocycles. The summed E-state index contributed by atoms with van der Waals surface area (Å²) in [6, 6.07) is 9.90. The van der Waals surface area contributed by atoms with Crippen molar-refractivity contribution >= 4 is 17.5 Å². The number of aryl methyl sites for hydroxylation is 1. The van der Waals surface area contributed by atoms with Gasteiger partial charge >= 0.3 is 0 Å². The van der Waals surface area contributed by atoms with E-state index >= 15 is 0 Å². The summed E-state index contributed by atoms with van der Waals surface area (Å²) in [5.41, 5.74) is 2.29. The topological polar surface area (TPSA) is 58.1 Å². The molecule has 1 amide bonds. The Bertz CT molecular complexity index is 552. The summed E-state index contributed by atoms with van der Waals surface area (Å²) in [6.07, 6.45) is 4.32. The minimum absolute atomic E-state index is 0.0760. The number of rotatable bonds is 5. The minimum Gasteiger partial charge on any atom is -0.378 e. The van der Waals surface area contributed by atoms with Gasteiger partial charge in [-0.25, -0.2) is 9.97 Å². The number of carbonyl (C=O) groups excluding carboxylic acids is 1. The number of aromatic nitrogens is 2. The predicted octanol–water partition coefficient (Wildman–Crippen LogP) is 2.11. The highest BCUT2D eigenvalue weighted by Gasteiger charge is 2.04. The zero-order chi connectivity index (χ0) is 14.4. The molecule has 0 bridgehead atoms. The highest BCUT2D eigenvalue weighted by Crippen LogP contribution is 2.13. The van der Waals surface area contributed by atoms with Crippen molar-refractivity contribution < 1.29 is 4.79 Å². The number of hydrogen-bond donors (Lipinski definition) is 1. The Balaban J connectivity index is 1.84. The van der Waals surface area contributed by atoms with E-state index in [1.54, 1.807) is 18.5 Å². The number of anilines is 2. The Morgan fingerprint density at radius 3 is 2.40 bits per heavy atom. The number of carbonyl (C=O) groups is 1. The van der Waals surface area contributed by atoms with E-state index in [-0.39, 0.29) is 5.91 Å². The second-order valence-corrected chi connectivity index (χ2v) is 4.68. The summed E-state index contributed by atoms with van der Waals surface area (Å²) in [7, 11) is 4.00. The highest BCUT2D eigenvalue weighted by atomic mass is 16.1. The second kappa shape index (κ2) is 6.65. The van der Waals surface area contributed by atoms with Crippen molar-refractivity contribution in [1.29, 1.82) is 0 Å². The molecule has 0 unspecified atom stereocenters. The quantitative estimate of drug-likeness (QED) is 0.904. The van der Waals surface area contributed by atoms with Crippen molar-refractivity contribution in [2.75, 3.05) is 24.3 Å². The van der Waals surface area contributed by atoms with Gasteiger partial charge in [0.15, 0.2) is 0 Å². The van der Waals surface area contributed by atoms with Crippen LogP contribution < -0.4 is 10.2 Å². The summed E-state index contributed by atoms with van der Waals surface area (Å²) in [4.78, 5) is 21.7. The van der Waals surface area contributed by atoms with Gasteiger partial charge in [-0.3, -0.25) is 10.1 Å². The van der Waals surface area contributed by atoms with Gasteiger partial charge in [0.2, 0.25) is 11.9 Å². The van der Waals surface area contributed by atoms with Crippen LogP contribution in [0.25, 0.3) is 0 Å². The fourth-order valence-electron chi connectivity index (χ4n) is 1.77. The van der Waals surface area contributed by atoms with Crippen LogP contribution in [0.4, 0.5) is 11.6 Å². The molecule has 1 aromatic heterocycles. The van der Waals surface area contributed by atoms with Crippen LogP contribution >= 0.6 is 0 Å². The van der Waals surface area contributed by atoms with Gasteiger partial charge in [-0.1, -0.05) is 12.1 Å². The molecule has 0 fully saturated rings. The van der Waals surface area contributed by atoms with Crippen LogP contribution in [0.5, 0.6) is 0 Å². The lowest BCUT2D eigenvalue weighted by Crippen LogP contribution is -2.14. The molecule has 1 heterocycles. The molecule has 0 saturated carbocycles. The van der Waals surface area contributed by atoms with E-state index in [0.717, 1.165) is 11.3 Å². The fourth-order valence-corrected chi connectivity index (χ4v) is 1.77. The summed E-state index contributed by atoms with van der Waals surface area (Å²) in [6.45, 7) is 0.